The molecule has 0 bridgehead atoms. The third-order valence-electron chi connectivity index (χ3n) is 3.47. The number of nitrogens with zero attached hydrogens (tertiary/aromatic N) is 2. The predicted octanol–water partition coefficient (Wildman–Crippen LogP) is 1.91. The van der Waals surface area contributed by atoms with Crippen molar-refractivity contribution in [2.45, 2.75) is 20.4 Å². The molecular formula is C14H18ClN5O. The zero-order valence-corrected chi connectivity index (χ0v) is 13.0. The number of carbonyl (C=O) groups is 1. The Hall–Kier alpha value is -2.05. The molecule has 2 aromatic rings. The summed E-state index contributed by atoms with van der Waals surface area (Å²) in [7, 11) is 1.88. The molecule has 0 radical (unpaired) electrons. The number of anilines is 1. The van der Waals surface area contributed by atoms with Crippen molar-refractivity contribution in [2.75, 3.05) is 5.43 Å². The molecule has 1 heterocycles. The number of carbonyl (C=O) groups excluding carboxylic acids is 1. The zero-order valence-electron chi connectivity index (χ0n) is 12.2. The van der Waals surface area contributed by atoms with Crippen molar-refractivity contribution in [2.24, 2.45) is 12.9 Å². The van der Waals surface area contributed by atoms with Crippen molar-refractivity contribution in [3.8, 4) is 0 Å². The van der Waals surface area contributed by atoms with E-state index in [4.69, 9.17) is 17.4 Å². The van der Waals surface area contributed by atoms with Crippen LogP contribution in [0, 0.1) is 13.8 Å². The lowest BCUT2D eigenvalue weighted by Gasteiger charge is -2.10. The van der Waals surface area contributed by atoms with E-state index in [9.17, 15) is 4.79 Å². The van der Waals surface area contributed by atoms with Crippen LogP contribution in [0.25, 0.3) is 0 Å². The Kier molecular flexibility index (Phi) is 4.50. The molecule has 0 aliphatic heterocycles. The lowest BCUT2D eigenvalue weighted by molar-refractivity contribution is 0.0951. The molecule has 0 aliphatic carbocycles. The molecule has 112 valence electrons. The number of nitrogens with one attached hydrogen (secondary N) is 2. The van der Waals surface area contributed by atoms with Crippen LogP contribution in [-0.4, -0.2) is 15.7 Å². The number of nitrogens with two attached hydrogens (primary N) is 1. The van der Waals surface area contributed by atoms with E-state index in [0.717, 1.165) is 17.0 Å². The van der Waals surface area contributed by atoms with E-state index < -0.39 is 0 Å². The maximum atomic E-state index is 12.3. The normalized spacial score (nSPS) is 10.5. The van der Waals surface area contributed by atoms with Crippen molar-refractivity contribution in [3.63, 3.8) is 0 Å². The number of halogens is 1. The van der Waals surface area contributed by atoms with Gasteiger partial charge in [-0.1, -0.05) is 11.6 Å². The van der Waals surface area contributed by atoms with Gasteiger partial charge in [-0.2, -0.15) is 5.10 Å². The van der Waals surface area contributed by atoms with Crippen LogP contribution in [0.2, 0.25) is 5.02 Å². The Labute approximate surface area is 128 Å². The van der Waals surface area contributed by atoms with Gasteiger partial charge in [-0.3, -0.25) is 15.3 Å². The fourth-order valence-electron chi connectivity index (χ4n) is 2.17. The van der Waals surface area contributed by atoms with E-state index in [1.165, 1.54) is 0 Å². The molecule has 0 saturated heterocycles. The first-order chi connectivity index (χ1) is 9.93. The number of hydrogen-bond acceptors (Lipinski definition) is 4. The minimum atomic E-state index is -0.242. The summed E-state index contributed by atoms with van der Waals surface area (Å²) < 4.78 is 1.79. The fourth-order valence-corrected chi connectivity index (χ4v) is 2.34. The first kappa shape index (κ1) is 15.3. The first-order valence-electron chi connectivity index (χ1n) is 6.47. The molecule has 0 unspecified atom stereocenters. The second-order valence-corrected chi connectivity index (χ2v) is 5.23. The molecule has 1 aromatic carbocycles. The van der Waals surface area contributed by atoms with Gasteiger partial charge in [0.05, 0.1) is 16.9 Å². The average Bonchev–Trinajstić information content (AvgIpc) is 2.70. The van der Waals surface area contributed by atoms with Crippen molar-refractivity contribution in [1.29, 1.82) is 0 Å². The molecule has 21 heavy (non-hydrogen) atoms. The summed E-state index contributed by atoms with van der Waals surface area (Å²) in [5.41, 5.74) is 6.36. The number of nitrogen functional groups attached to an aromatic ring is 1. The standard InChI is InChI=1S/C14H18ClN5O/c1-8-12(9(2)20(3)19-8)7-17-14(21)11-6-10(15)4-5-13(11)18-16/h4-6,18H,7,16H2,1-3H3,(H,17,21). The topological polar surface area (TPSA) is 85.0 Å². The smallest absolute Gasteiger partial charge is 0.253 e. The van der Waals surface area contributed by atoms with E-state index in [1.807, 2.05) is 20.9 Å². The van der Waals surface area contributed by atoms with E-state index in [1.54, 1.807) is 22.9 Å². The van der Waals surface area contributed by atoms with Crippen LogP contribution >= 0.6 is 11.6 Å². The highest BCUT2D eigenvalue weighted by molar-refractivity contribution is 6.31. The average molecular weight is 308 g/mol. The lowest BCUT2D eigenvalue weighted by Crippen LogP contribution is -2.25. The summed E-state index contributed by atoms with van der Waals surface area (Å²) >= 11 is 5.93. The van der Waals surface area contributed by atoms with Crippen molar-refractivity contribution >= 4 is 23.2 Å². The molecule has 6 nitrogen and oxygen atoms in total. The number of amides is 1. The van der Waals surface area contributed by atoms with E-state index in [2.05, 4.69) is 15.8 Å². The highest BCUT2D eigenvalue weighted by atomic mass is 35.5. The minimum Gasteiger partial charge on any atom is -0.348 e. The number of aryl methyl sites for hydroxylation is 2. The van der Waals surface area contributed by atoms with Gasteiger partial charge < -0.3 is 10.7 Å². The van der Waals surface area contributed by atoms with Crippen LogP contribution < -0.4 is 16.6 Å². The third-order valence-corrected chi connectivity index (χ3v) is 3.70. The lowest BCUT2D eigenvalue weighted by atomic mass is 10.1. The molecule has 0 spiro atoms. The Morgan fingerprint density at radius 2 is 2.14 bits per heavy atom. The van der Waals surface area contributed by atoms with Gasteiger partial charge in [0.2, 0.25) is 0 Å². The molecule has 0 aliphatic rings. The molecule has 1 aromatic heterocycles. The Morgan fingerprint density at radius 1 is 1.43 bits per heavy atom. The highest BCUT2D eigenvalue weighted by Crippen LogP contribution is 2.20. The fraction of sp³-hybridized carbons (Fsp3) is 0.286. The first-order valence-corrected chi connectivity index (χ1v) is 6.85. The quantitative estimate of drug-likeness (QED) is 0.595. The number of rotatable bonds is 4. The Balaban J connectivity index is 2.17. The summed E-state index contributed by atoms with van der Waals surface area (Å²) in [5, 5.41) is 7.67. The van der Waals surface area contributed by atoms with Crippen molar-refractivity contribution in [3.05, 3.63) is 45.7 Å². The summed E-state index contributed by atoms with van der Waals surface area (Å²) in [4.78, 5) is 12.3. The second kappa shape index (κ2) is 6.15. The molecular weight excluding hydrogens is 290 g/mol. The van der Waals surface area contributed by atoms with E-state index in [0.29, 0.717) is 22.8 Å². The van der Waals surface area contributed by atoms with Crippen LogP contribution in [0.1, 0.15) is 27.3 Å². The van der Waals surface area contributed by atoms with Crippen LogP contribution in [0.5, 0.6) is 0 Å². The molecule has 0 atom stereocenters. The predicted molar refractivity (Wildman–Crippen MR) is 83.1 cm³/mol. The Morgan fingerprint density at radius 3 is 2.71 bits per heavy atom. The summed E-state index contributed by atoms with van der Waals surface area (Å²) in [6.07, 6.45) is 0. The van der Waals surface area contributed by atoms with Gasteiger partial charge in [-0.05, 0) is 32.0 Å². The van der Waals surface area contributed by atoms with Gasteiger partial charge in [0.25, 0.3) is 5.91 Å². The van der Waals surface area contributed by atoms with Crippen molar-refractivity contribution in [1.82, 2.24) is 15.1 Å². The number of hydrazine groups is 1. The summed E-state index contributed by atoms with van der Waals surface area (Å²) in [6, 6.07) is 4.91. The van der Waals surface area contributed by atoms with Gasteiger partial charge in [0.15, 0.2) is 0 Å². The van der Waals surface area contributed by atoms with Gasteiger partial charge in [0, 0.05) is 29.9 Å². The molecule has 0 saturated carbocycles. The SMILES string of the molecule is Cc1nn(C)c(C)c1CNC(=O)c1cc(Cl)ccc1NN. The maximum Gasteiger partial charge on any atom is 0.253 e. The Bertz CT molecular complexity index is 680. The molecule has 2 rings (SSSR count). The van der Waals surface area contributed by atoms with Gasteiger partial charge in [0.1, 0.15) is 0 Å². The molecule has 1 amide bonds. The van der Waals surface area contributed by atoms with Crippen LogP contribution in [0.4, 0.5) is 5.69 Å². The number of hydrogen-bond donors (Lipinski definition) is 3. The maximum absolute atomic E-state index is 12.3. The van der Waals surface area contributed by atoms with E-state index >= 15 is 0 Å². The summed E-state index contributed by atoms with van der Waals surface area (Å²) in [6.45, 7) is 4.29. The molecule has 7 heteroatoms. The number of aromatic nitrogens is 2. The summed E-state index contributed by atoms with van der Waals surface area (Å²) in [5.74, 6) is 5.17. The molecule has 4 N–H and O–H groups in total. The van der Waals surface area contributed by atoms with Crippen LogP contribution in [-0.2, 0) is 13.6 Å². The van der Waals surface area contributed by atoms with Gasteiger partial charge in [-0.15, -0.1) is 0 Å². The molecule has 0 fully saturated rings. The van der Waals surface area contributed by atoms with E-state index in [-0.39, 0.29) is 5.91 Å². The number of benzene rings is 1. The third kappa shape index (κ3) is 3.17. The van der Waals surface area contributed by atoms with Crippen molar-refractivity contribution < 1.29 is 4.79 Å². The van der Waals surface area contributed by atoms with Gasteiger partial charge >= 0.3 is 0 Å². The second-order valence-electron chi connectivity index (χ2n) is 4.79. The monoisotopic (exact) mass is 307 g/mol. The minimum absolute atomic E-state index is 0.242. The van der Waals surface area contributed by atoms with Crippen LogP contribution in [0.15, 0.2) is 18.2 Å². The van der Waals surface area contributed by atoms with Crippen LogP contribution in [0.3, 0.4) is 0 Å². The largest absolute Gasteiger partial charge is 0.348 e. The highest BCUT2D eigenvalue weighted by Gasteiger charge is 2.14. The zero-order chi connectivity index (χ0) is 15.6. The van der Waals surface area contributed by atoms with Gasteiger partial charge in [-0.25, -0.2) is 0 Å².